The molecule has 0 saturated heterocycles. The van der Waals surface area contributed by atoms with Crippen molar-refractivity contribution in [2.75, 3.05) is 41.6 Å². The molecule has 0 aliphatic heterocycles. The number of benzene rings is 9. The minimum Gasteiger partial charge on any atom is -0.481 e. The Morgan fingerprint density at radius 3 is 0.949 bits per heavy atom. The number of hydrogen-bond acceptors (Lipinski definition) is 22. The Balaban J connectivity index is 0.000000344. The van der Waals surface area contributed by atoms with Crippen molar-refractivity contribution in [1.82, 2.24) is 9.97 Å². The number of esters is 2. The number of ether oxygens (including phenoxy) is 2. The number of nitrogens with zero attached hydrogens (tertiary/aromatic N) is 3. The maximum atomic E-state index is 12.9. The number of carbonyl (C=O) groups excluding carboxylic acids is 6. The highest BCUT2D eigenvalue weighted by Gasteiger charge is 2.32. The molecule has 0 unspecified atom stereocenters. The Morgan fingerprint density at radius 1 is 0.384 bits per heavy atom. The Labute approximate surface area is 830 Å². The summed E-state index contributed by atoms with van der Waals surface area (Å²) in [6.45, 7) is 26.7. The number of aliphatic carboxylic acids is 2. The number of halogens is 5. The molecule has 12 aromatic rings. The summed E-state index contributed by atoms with van der Waals surface area (Å²) in [4.78, 5) is 98.1. The molecule has 35 heteroatoms. The average Bonchev–Trinajstić information content (AvgIpc) is 0.795. The summed E-state index contributed by atoms with van der Waals surface area (Å²) in [6, 6.07) is 69.9. The number of nitrogens with two attached hydrogens (primary N) is 1. The van der Waals surface area contributed by atoms with Gasteiger partial charge in [0.1, 0.15) is 13.2 Å². The smallest absolute Gasteiger partial charge is 0.313 e. The van der Waals surface area contributed by atoms with Gasteiger partial charge in [0.2, 0.25) is 17.6 Å². The van der Waals surface area contributed by atoms with Crippen molar-refractivity contribution >= 4 is 150 Å². The molecule has 9 aromatic carbocycles. The predicted octanol–water partition coefficient (Wildman–Crippen LogP) is 20.2. The van der Waals surface area contributed by atoms with Gasteiger partial charge in [0, 0.05) is 149 Å². The van der Waals surface area contributed by atoms with Crippen molar-refractivity contribution < 1.29 is 103 Å². The van der Waals surface area contributed by atoms with Crippen LogP contribution < -0.4 is 19.9 Å². The van der Waals surface area contributed by atoms with E-state index >= 15 is 0 Å². The fourth-order valence-corrected chi connectivity index (χ4v) is 15.2. The number of rotatable bonds is 27. The van der Waals surface area contributed by atoms with Crippen LogP contribution in [0.1, 0.15) is 192 Å². The van der Waals surface area contributed by atoms with Gasteiger partial charge in [-0.05, 0) is 188 Å². The minimum atomic E-state index is -3.99. The van der Waals surface area contributed by atoms with Crippen LogP contribution in [0.5, 0.6) is 0 Å². The summed E-state index contributed by atoms with van der Waals surface area (Å²) >= 11 is 22.6. The molecular formula is C103H114Cl5N6O21S3+. The molecule has 3 heterocycles. The average molecular weight is 2050 g/mol. The number of nitrogen functional groups attached to an aromatic ring is 1. The first kappa shape index (κ1) is 118. The maximum Gasteiger partial charge on any atom is 0.313 e. The van der Waals surface area contributed by atoms with Gasteiger partial charge in [0.15, 0.2) is 17.3 Å². The molecule has 0 atom stereocenters. The van der Waals surface area contributed by atoms with E-state index in [0.717, 1.165) is 32.5 Å². The number of aliphatic hydroxyl groups excluding tert-OH is 2. The summed E-state index contributed by atoms with van der Waals surface area (Å²) < 4.78 is 89.6. The van der Waals surface area contributed by atoms with Gasteiger partial charge in [0.25, 0.3) is 29.1 Å². The standard InChI is InChI=1S/C22H21ClN2O5S.C22H21ClN2O4S.C12H9ClN2O.C12H15ClO4S.C12H16O2.2C10H12O2.C2H3ClO.CH4/c1-22(2,14-26)16-3-6-18(7-4-16)31(29,30)24-20-8-5-17(23)13-19(20)21(27)15-9-11-25(28)12-10-15;1-22(2,14-26)16-3-6-18(7-4-16)30(28,29)25-20-8-5-17(23)13-19(20)21(27)15-9-11-24-12-10-15;13-9-1-2-11(14)10(7-9)12(16)8-3-5-15-6-4-8;1-9(14)17-8-12(2,3)10-4-6-11(7-5-10)18(13,15)16;1-10(13)14-9-12(2,3)11-7-5-4-6-8-11;2*1-10(2,9(11)12)8-6-4-3-5-7-8;1-2(3)4;/h3-13,26H,14H2,1-2H3,(H-,24,27,28);3-13,25-26H,14H2,1-2H3;1-7H,14H2;4-7H,8H2,1-3H3;4-8H,9H2,1-3H3;2*3-7H,1-2H3,(H,11,12);1H3;1H4/p+1. The van der Waals surface area contributed by atoms with Gasteiger partial charge >= 0.3 is 23.9 Å². The third-order valence-electron chi connectivity index (χ3n) is 20.7. The molecule has 0 radical (unpaired) electrons. The van der Waals surface area contributed by atoms with E-state index < -0.39 is 68.5 Å². The van der Waals surface area contributed by atoms with E-state index in [1.165, 1.54) is 136 Å². The number of carbonyl (C=O) groups is 8. The molecule has 12 rings (SSSR count). The van der Waals surface area contributed by atoms with Crippen LogP contribution in [0.15, 0.2) is 307 Å². The molecule has 734 valence electrons. The van der Waals surface area contributed by atoms with Gasteiger partial charge < -0.3 is 35.6 Å². The summed E-state index contributed by atoms with van der Waals surface area (Å²) in [7, 11) is -6.42. The molecule has 0 aliphatic carbocycles. The first-order valence-corrected chi connectivity index (χ1v) is 48.5. The van der Waals surface area contributed by atoms with E-state index in [2.05, 4.69) is 44.9 Å². The van der Waals surface area contributed by atoms with Crippen LogP contribution in [0.4, 0.5) is 17.1 Å². The molecule has 0 spiro atoms. The van der Waals surface area contributed by atoms with Crippen LogP contribution >= 0.6 is 57.1 Å². The molecule has 3 aromatic heterocycles. The van der Waals surface area contributed by atoms with Crippen molar-refractivity contribution in [3.8, 4) is 0 Å². The topological polar surface area (TPSA) is 438 Å². The van der Waals surface area contributed by atoms with Crippen LogP contribution in [0, 0.1) is 0 Å². The predicted molar refractivity (Wildman–Crippen MR) is 539 cm³/mol. The van der Waals surface area contributed by atoms with E-state index in [0.29, 0.717) is 39.0 Å². The number of carboxylic acids is 2. The first-order chi connectivity index (χ1) is 63.8. The fourth-order valence-electron chi connectivity index (χ4n) is 11.8. The SMILES string of the molecule is C.CC(=O)Cl.CC(=O)OCC(C)(C)c1ccc(S(=O)(=O)Cl)cc1.CC(=O)OCC(C)(C)c1ccccc1.CC(C)(C(=O)O)c1ccccc1.CC(C)(C(=O)O)c1ccccc1.CC(C)(CO)c1ccc(S(=O)(=O)Nc2ccc(Cl)cc2C(=O)c2cc[n+](O)cc2)cc1.CC(C)(CO)c1ccc(S(=O)(=O)Nc2ccc(Cl)cc2C(=O)c2ccncc2)cc1.Nc1ccc(Cl)cc1C(=O)c1ccncc1. The van der Waals surface area contributed by atoms with E-state index in [1.54, 1.807) is 119 Å². The number of carboxylic acid groups (broad SMARTS) is 2. The van der Waals surface area contributed by atoms with Crippen LogP contribution in [0.2, 0.25) is 15.1 Å². The third-order valence-corrected chi connectivity index (χ3v) is 25.5. The number of hydrogen-bond donors (Lipinski definition) is 8. The van der Waals surface area contributed by atoms with Crippen molar-refractivity contribution in [3.63, 3.8) is 0 Å². The fraction of sp³-hybridized carbons (Fsp3) is 0.252. The van der Waals surface area contributed by atoms with Crippen LogP contribution in [0.25, 0.3) is 0 Å². The number of anilines is 3. The van der Waals surface area contributed by atoms with Crippen molar-refractivity contribution in [2.45, 2.75) is 158 Å². The molecule has 9 N–H and O–H groups in total. The summed E-state index contributed by atoms with van der Waals surface area (Å²) in [6.07, 6.45) is 8.67. The Morgan fingerprint density at radius 2 is 0.652 bits per heavy atom. The Hall–Kier alpha value is -12.6. The van der Waals surface area contributed by atoms with Gasteiger partial charge in [-0.2, -0.15) is 0 Å². The van der Waals surface area contributed by atoms with E-state index in [1.807, 2.05) is 133 Å². The number of ketones is 3. The lowest BCUT2D eigenvalue weighted by atomic mass is 9.85. The molecule has 0 bridgehead atoms. The quantitative estimate of drug-likeness (QED) is 0.00592. The van der Waals surface area contributed by atoms with Gasteiger partial charge in [-0.25, -0.2) is 25.3 Å². The third kappa shape index (κ3) is 36.7. The molecule has 0 amide bonds. The number of pyridine rings is 3. The number of aromatic nitrogens is 3. The van der Waals surface area contributed by atoms with Gasteiger partial charge in [-0.15, -0.1) is 0 Å². The van der Waals surface area contributed by atoms with Crippen LogP contribution in [-0.2, 0) is 95.0 Å². The lowest BCUT2D eigenvalue weighted by Crippen LogP contribution is -2.28. The van der Waals surface area contributed by atoms with Crippen molar-refractivity contribution in [1.29, 1.82) is 0 Å². The highest BCUT2D eigenvalue weighted by atomic mass is 35.7. The number of nitrogens with one attached hydrogen (secondary N) is 2. The Bertz CT molecular complexity index is 6390. The van der Waals surface area contributed by atoms with Crippen molar-refractivity contribution in [3.05, 3.63) is 374 Å². The maximum absolute atomic E-state index is 12.9. The van der Waals surface area contributed by atoms with Crippen LogP contribution in [-0.4, -0.2) is 134 Å². The molecule has 0 aliphatic rings. The molecule has 0 saturated carbocycles. The van der Waals surface area contributed by atoms with Gasteiger partial charge in [0.05, 0.1) is 50.1 Å². The largest absolute Gasteiger partial charge is 0.481 e. The lowest BCUT2D eigenvalue weighted by Gasteiger charge is -2.24. The zero-order valence-corrected chi connectivity index (χ0v) is 84.1. The zero-order valence-electron chi connectivity index (χ0n) is 77.8. The molecule has 27 nitrogen and oxygen atoms in total. The van der Waals surface area contributed by atoms with E-state index in [-0.39, 0.29) is 115 Å². The minimum absolute atomic E-state index is 0. The second kappa shape index (κ2) is 52.8. The highest BCUT2D eigenvalue weighted by molar-refractivity contribution is 8.13. The summed E-state index contributed by atoms with van der Waals surface area (Å²) in [5.74, 6) is -3.15. The second-order valence-corrected chi connectivity index (χ2v) is 41.9. The normalized spacial score (nSPS) is 11.3. The molecular weight excluding hydrogens is 1930 g/mol. The van der Waals surface area contributed by atoms with Gasteiger partial charge in [-0.3, -0.25) is 63.0 Å². The molecule has 0 fully saturated rings. The van der Waals surface area contributed by atoms with E-state index in [4.69, 9.17) is 70.9 Å². The van der Waals surface area contributed by atoms with Gasteiger partial charge in [-0.1, -0.05) is 225 Å². The number of aliphatic hydroxyl groups is 2. The number of sulfonamides is 2. The first-order valence-electron chi connectivity index (χ1n) is 41.7. The summed E-state index contributed by atoms with van der Waals surface area (Å²) in [5, 5.41) is 46.8. The monoisotopic (exact) mass is 2040 g/mol. The Kier molecular flexibility index (Phi) is 45.1. The highest BCUT2D eigenvalue weighted by Crippen LogP contribution is 2.34. The lowest BCUT2D eigenvalue weighted by molar-refractivity contribution is -0.904. The second-order valence-electron chi connectivity index (χ2n) is 34.1. The summed E-state index contributed by atoms with van der Waals surface area (Å²) in [5.41, 5.74) is 10.4. The van der Waals surface area contributed by atoms with Crippen molar-refractivity contribution in [2.24, 2.45) is 0 Å². The van der Waals surface area contributed by atoms with E-state index in [9.17, 15) is 79.0 Å². The molecule has 138 heavy (non-hydrogen) atoms. The van der Waals surface area contributed by atoms with Crippen LogP contribution in [0.3, 0.4) is 0 Å². The zero-order chi connectivity index (χ0) is 103.